The van der Waals surface area contributed by atoms with Crippen LogP contribution in [0.2, 0.25) is 0 Å². The number of nitrogens with one attached hydrogen (secondary N) is 5. The molecule has 7 N–H and O–H groups in total. The third-order valence-corrected chi connectivity index (χ3v) is 6.81. The van der Waals surface area contributed by atoms with Gasteiger partial charge in [0.05, 0.1) is 5.33 Å². The minimum atomic E-state index is -0.958. The van der Waals surface area contributed by atoms with Crippen LogP contribution in [0.25, 0.3) is 0 Å². The second-order valence-electron chi connectivity index (χ2n) is 10.3. The number of anilines is 1. The molecule has 0 spiro atoms. The quantitative estimate of drug-likeness (QED) is 0.0695. The molecule has 0 aliphatic carbocycles. The maximum atomic E-state index is 13.3. The summed E-state index contributed by atoms with van der Waals surface area (Å²) in [6.07, 6.45) is 3.12. The molecule has 1 aromatic carbocycles. The van der Waals surface area contributed by atoms with Crippen LogP contribution in [-0.4, -0.2) is 66.1 Å². The summed E-state index contributed by atoms with van der Waals surface area (Å²) < 4.78 is 5.11. The Labute approximate surface area is 261 Å². The van der Waals surface area contributed by atoms with Gasteiger partial charge in [-0.25, -0.2) is 4.79 Å². The molecule has 2 atom stereocenters. The van der Waals surface area contributed by atoms with Crippen LogP contribution in [-0.2, 0) is 35.3 Å². The molecule has 0 heterocycles. The van der Waals surface area contributed by atoms with Crippen molar-refractivity contribution in [2.24, 2.45) is 11.7 Å². The molecule has 1 rings (SSSR count). The normalized spacial score (nSPS) is 12.0. The molecule has 0 bridgehead atoms. The largest absolute Gasteiger partial charge is 0.461 e. The molecule has 2 unspecified atom stereocenters. The molecule has 14 heteroatoms. The van der Waals surface area contributed by atoms with Crippen molar-refractivity contribution in [3.05, 3.63) is 29.8 Å². The molecular weight excluding hydrogens is 624 g/mol. The minimum Gasteiger partial charge on any atom is -0.461 e. The lowest BCUT2D eigenvalue weighted by atomic mass is 10.0. The lowest BCUT2D eigenvalue weighted by molar-refractivity contribution is -0.144. The van der Waals surface area contributed by atoms with E-state index in [4.69, 9.17) is 10.5 Å². The van der Waals surface area contributed by atoms with Gasteiger partial charge < -0.3 is 37.1 Å². The van der Waals surface area contributed by atoms with Crippen LogP contribution in [0.1, 0.15) is 71.3 Å². The van der Waals surface area contributed by atoms with Crippen molar-refractivity contribution >= 4 is 57.2 Å². The molecule has 0 aliphatic rings. The van der Waals surface area contributed by atoms with E-state index in [1.807, 2.05) is 0 Å². The highest BCUT2D eigenvalue weighted by Gasteiger charge is 2.28. The van der Waals surface area contributed by atoms with Gasteiger partial charge in [0.25, 0.3) is 0 Å². The molecule has 240 valence electrons. The molecule has 6 amide bonds. The SMILES string of the molecule is CCC(=O)OCc1ccc(NC(=O)C(CCCNC(N)=O)NC(=O)C(NC(=O)CCCCCNC(=O)CBr)C(C)C)cc1. The summed E-state index contributed by atoms with van der Waals surface area (Å²) >= 11 is 3.08. The number of ether oxygens (including phenoxy) is 1. The summed E-state index contributed by atoms with van der Waals surface area (Å²) in [4.78, 5) is 72.7. The van der Waals surface area contributed by atoms with Crippen LogP contribution < -0.4 is 32.3 Å². The molecule has 13 nitrogen and oxygen atoms in total. The number of urea groups is 1. The predicted octanol–water partition coefficient (Wildman–Crippen LogP) is 2.22. The Kier molecular flexibility index (Phi) is 18.3. The first kappa shape index (κ1) is 37.3. The van der Waals surface area contributed by atoms with Gasteiger partial charge in [0.15, 0.2) is 0 Å². The number of benzene rings is 1. The molecule has 0 aliphatic heterocycles. The van der Waals surface area contributed by atoms with Crippen molar-refractivity contribution in [1.29, 1.82) is 0 Å². The van der Waals surface area contributed by atoms with Crippen molar-refractivity contribution in [2.45, 2.75) is 84.4 Å². The van der Waals surface area contributed by atoms with E-state index in [0.29, 0.717) is 25.1 Å². The Bertz CT molecular complexity index is 1070. The van der Waals surface area contributed by atoms with Gasteiger partial charge in [0.1, 0.15) is 18.7 Å². The number of unbranched alkanes of at least 4 members (excludes halogenated alkanes) is 2. The third-order valence-electron chi connectivity index (χ3n) is 6.30. The number of halogens is 1. The summed E-state index contributed by atoms with van der Waals surface area (Å²) in [5.41, 5.74) is 6.35. The van der Waals surface area contributed by atoms with Gasteiger partial charge >= 0.3 is 12.0 Å². The van der Waals surface area contributed by atoms with Crippen molar-refractivity contribution in [2.75, 3.05) is 23.7 Å². The van der Waals surface area contributed by atoms with Crippen LogP contribution in [0.3, 0.4) is 0 Å². The maximum absolute atomic E-state index is 13.3. The highest BCUT2D eigenvalue weighted by atomic mass is 79.9. The molecular formula is C29H45BrN6O7. The van der Waals surface area contributed by atoms with Gasteiger partial charge in [-0.2, -0.15) is 0 Å². The molecule has 0 saturated carbocycles. The predicted molar refractivity (Wildman–Crippen MR) is 166 cm³/mol. The van der Waals surface area contributed by atoms with Gasteiger partial charge in [-0.05, 0) is 49.3 Å². The van der Waals surface area contributed by atoms with E-state index in [1.54, 1.807) is 45.0 Å². The van der Waals surface area contributed by atoms with Crippen LogP contribution >= 0.6 is 15.9 Å². The molecule has 1 aromatic rings. The summed E-state index contributed by atoms with van der Waals surface area (Å²) in [6.45, 7) is 6.15. The number of amides is 6. The summed E-state index contributed by atoms with van der Waals surface area (Å²) in [7, 11) is 0. The Morgan fingerprint density at radius 1 is 0.860 bits per heavy atom. The van der Waals surface area contributed by atoms with Gasteiger partial charge in [-0.3, -0.25) is 24.0 Å². The van der Waals surface area contributed by atoms with Crippen molar-refractivity contribution in [3.8, 4) is 0 Å². The lowest BCUT2D eigenvalue weighted by Gasteiger charge is -2.25. The van der Waals surface area contributed by atoms with Gasteiger partial charge in [-0.1, -0.05) is 55.3 Å². The van der Waals surface area contributed by atoms with Crippen LogP contribution in [0.5, 0.6) is 0 Å². The van der Waals surface area contributed by atoms with Gasteiger partial charge in [0, 0.05) is 31.6 Å². The van der Waals surface area contributed by atoms with E-state index in [1.165, 1.54) is 0 Å². The first-order valence-corrected chi connectivity index (χ1v) is 15.6. The smallest absolute Gasteiger partial charge is 0.312 e. The van der Waals surface area contributed by atoms with E-state index < -0.39 is 29.9 Å². The Hall–Kier alpha value is -3.68. The molecule has 0 aromatic heterocycles. The first-order valence-electron chi connectivity index (χ1n) is 14.5. The molecule has 0 radical (unpaired) electrons. The topological polar surface area (TPSA) is 198 Å². The number of hydrogen-bond acceptors (Lipinski definition) is 7. The molecule has 0 fully saturated rings. The van der Waals surface area contributed by atoms with E-state index in [0.717, 1.165) is 18.4 Å². The van der Waals surface area contributed by atoms with Gasteiger partial charge in [-0.15, -0.1) is 0 Å². The number of nitrogens with two attached hydrogens (primary N) is 1. The zero-order valence-corrected chi connectivity index (χ0v) is 26.7. The second kappa shape index (κ2) is 21.1. The minimum absolute atomic E-state index is 0.0933. The third kappa shape index (κ3) is 16.5. The maximum Gasteiger partial charge on any atom is 0.312 e. The van der Waals surface area contributed by atoms with E-state index in [2.05, 4.69) is 42.5 Å². The van der Waals surface area contributed by atoms with E-state index >= 15 is 0 Å². The van der Waals surface area contributed by atoms with Gasteiger partial charge in [0.2, 0.25) is 23.6 Å². The number of hydrogen-bond donors (Lipinski definition) is 6. The number of primary amides is 1. The summed E-state index contributed by atoms with van der Waals surface area (Å²) in [5.74, 6) is -1.92. The first-order chi connectivity index (χ1) is 20.5. The number of esters is 1. The fourth-order valence-electron chi connectivity index (χ4n) is 3.87. The average molecular weight is 670 g/mol. The fraction of sp³-hybridized carbons (Fsp3) is 0.586. The van der Waals surface area contributed by atoms with E-state index in [-0.39, 0.29) is 61.4 Å². The lowest BCUT2D eigenvalue weighted by Crippen LogP contribution is -2.54. The second-order valence-corrected chi connectivity index (χ2v) is 10.8. The highest BCUT2D eigenvalue weighted by molar-refractivity contribution is 9.09. The average Bonchev–Trinajstić information content (AvgIpc) is 2.97. The monoisotopic (exact) mass is 668 g/mol. The van der Waals surface area contributed by atoms with Crippen molar-refractivity contribution in [3.63, 3.8) is 0 Å². The Morgan fingerprint density at radius 2 is 1.53 bits per heavy atom. The standard InChI is InChI=1S/C29H45BrN6O7/c1-4-25(39)43-18-20-11-13-21(14-12-20)34-27(40)22(9-8-16-33-29(31)42)35-28(41)26(19(2)3)36-23(37)10-6-5-7-15-32-24(38)17-30/h11-14,19,22,26H,4-10,15-18H2,1-3H3,(H,32,38)(H,34,40)(H,35,41)(H,36,37)(H3,31,33,42). The number of carbonyl (C=O) groups excluding carboxylic acids is 6. The number of alkyl halides is 1. The Morgan fingerprint density at radius 3 is 2.14 bits per heavy atom. The van der Waals surface area contributed by atoms with E-state index in [9.17, 15) is 28.8 Å². The van der Waals surface area contributed by atoms with Crippen LogP contribution in [0, 0.1) is 5.92 Å². The van der Waals surface area contributed by atoms with Crippen LogP contribution in [0.15, 0.2) is 24.3 Å². The summed E-state index contributed by atoms with van der Waals surface area (Å²) in [6, 6.07) is 4.23. The molecule has 43 heavy (non-hydrogen) atoms. The number of carbonyl (C=O) groups is 6. The van der Waals surface area contributed by atoms with Crippen LogP contribution in [0.4, 0.5) is 10.5 Å². The zero-order chi connectivity index (χ0) is 32.2. The molecule has 0 saturated heterocycles. The van der Waals surface area contributed by atoms with Crippen molar-refractivity contribution < 1.29 is 33.5 Å². The fourth-order valence-corrected chi connectivity index (χ4v) is 4.07. The van der Waals surface area contributed by atoms with Crippen molar-refractivity contribution in [1.82, 2.24) is 21.3 Å². The Balaban J connectivity index is 2.78. The highest BCUT2D eigenvalue weighted by Crippen LogP contribution is 2.13. The zero-order valence-electron chi connectivity index (χ0n) is 25.1. The number of rotatable bonds is 20. The summed E-state index contributed by atoms with van der Waals surface area (Å²) in [5, 5.41) is 13.7.